The number of rotatable bonds is 2. The Labute approximate surface area is 113 Å². The highest BCUT2D eigenvalue weighted by Gasteiger charge is 2.66. The molecule has 1 saturated carbocycles. The fourth-order valence-corrected chi connectivity index (χ4v) is 4.61. The molecule has 3 aliphatic rings. The molecule has 1 spiro atoms. The van der Waals surface area contributed by atoms with Gasteiger partial charge in [-0.25, -0.2) is 0 Å². The van der Waals surface area contributed by atoms with E-state index in [-0.39, 0.29) is 17.4 Å². The number of aliphatic hydroxyl groups excluding tert-OH is 1. The van der Waals surface area contributed by atoms with E-state index in [0.717, 1.165) is 32.2 Å². The SMILES string of the molecule is COC1(OC)C[C@]23CCCN2C(=O)CCC[C@@H]3C1O. The maximum atomic E-state index is 12.3. The maximum absolute atomic E-state index is 12.3. The van der Waals surface area contributed by atoms with E-state index in [9.17, 15) is 9.90 Å². The molecule has 0 aromatic rings. The minimum atomic E-state index is -0.953. The van der Waals surface area contributed by atoms with Crippen molar-refractivity contribution in [1.29, 1.82) is 0 Å². The summed E-state index contributed by atoms with van der Waals surface area (Å²) < 4.78 is 11.0. The van der Waals surface area contributed by atoms with Gasteiger partial charge < -0.3 is 19.5 Å². The van der Waals surface area contributed by atoms with E-state index in [1.807, 2.05) is 4.90 Å². The molecule has 1 aliphatic carbocycles. The van der Waals surface area contributed by atoms with Gasteiger partial charge in [-0.1, -0.05) is 0 Å². The largest absolute Gasteiger partial charge is 0.387 e. The van der Waals surface area contributed by atoms with E-state index in [1.165, 1.54) is 0 Å². The van der Waals surface area contributed by atoms with Gasteiger partial charge in [0.1, 0.15) is 6.10 Å². The fraction of sp³-hybridized carbons (Fsp3) is 0.929. The number of methoxy groups -OCH3 is 2. The average molecular weight is 269 g/mol. The zero-order chi connectivity index (χ0) is 13.7. The minimum Gasteiger partial charge on any atom is -0.387 e. The molecule has 3 fully saturated rings. The molecular formula is C14H23NO4. The molecule has 5 nitrogen and oxygen atoms in total. The summed E-state index contributed by atoms with van der Waals surface area (Å²) >= 11 is 0. The summed E-state index contributed by atoms with van der Waals surface area (Å²) in [4.78, 5) is 14.3. The lowest BCUT2D eigenvalue weighted by Gasteiger charge is -2.38. The molecule has 1 N–H and O–H groups in total. The molecule has 108 valence electrons. The van der Waals surface area contributed by atoms with Crippen LogP contribution in [0.3, 0.4) is 0 Å². The van der Waals surface area contributed by atoms with Crippen molar-refractivity contribution >= 4 is 5.91 Å². The van der Waals surface area contributed by atoms with Crippen molar-refractivity contribution in [3.8, 4) is 0 Å². The molecule has 1 amide bonds. The number of hydrogen-bond donors (Lipinski definition) is 1. The summed E-state index contributed by atoms with van der Waals surface area (Å²) in [7, 11) is 3.16. The topological polar surface area (TPSA) is 59.0 Å². The van der Waals surface area contributed by atoms with Crippen LogP contribution in [0.4, 0.5) is 0 Å². The molecule has 2 aliphatic heterocycles. The van der Waals surface area contributed by atoms with Gasteiger partial charge in [0, 0.05) is 39.5 Å². The van der Waals surface area contributed by atoms with Gasteiger partial charge in [0.25, 0.3) is 0 Å². The van der Waals surface area contributed by atoms with Gasteiger partial charge >= 0.3 is 0 Å². The fourth-order valence-electron chi connectivity index (χ4n) is 4.61. The predicted molar refractivity (Wildman–Crippen MR) is 68.4 cm³/mol. The van der Waals surface area contributed by atoms with Crippen molar-refractivity contribution in [2.24, 2.45) is 5.92 Å². The van der Waals surface area contributed by atoms with Crippen molar-refractivity contribution < 1.29 is 19.4 Å². The standard InChI is InChI=1S/C14H23NO4/c1-18-14(19-2)9-13-7-4-8-15(13)11(16)6-3-5-10(13)12(14)17/h10,12,17H,3-9H2,1-2H3/t10-,12?,13+/m1/s1. The molecular weight excluding hydrogens is 246 g/mol. The summed E-state index contributed by atoms with van der Waals surface area (Å²) in [6, 6.07) is 0. The molecule has 0 aromatic heterocycles. The summed E-state index contributed by atoms with van der Waals surface area (Å²) in [5, 5.41) is 10.7. The highest BCUT2D eigenvalue weighted by Crippen LogP contribution is 2.55. The Hall–Kier alpha value is -0.650. The van der Waals surface area contributed by atoms with Gasteiger partial charge in [-0.2, -0.15) is 0 Å². The Morgan fingerprint density at radius 1 is 1.32 bits per heavy atom. The van der Waals surface area contributed by atoms with Crippen molar-refractivity contribution in [3.63, 3.8) is 0 Å². The van der Waals surface area contributed by atoms with E-state index < -0.39 is 11.9 Å². The number of amides is 1. The lowest BCUT2D eigenvalue weighted by Crippen LogP contribution is -2.49. The Morgan fingerprint density at radius 2 is 2.05 bits per heavy atom. The van der Waals surface area contributed by atoms with E-state index in [4.69, 9.17) is 9.47 Å². The Bertz CT molecular complexity index is 382. The van der Waals surface area contributed by atoms with Crippen molar-refractivity contribution in [2.45, 2.75) is 56.0 Å². The third kappa shape index (κ3) is 1.61. The smallest absolute Gasteiger partial charge is 0.223 e. The third-order valence-electron chi connectivity index (χ3n) is 5.50. The van der Waals surface area contributed by atoms with Gasteiger partial charge in [-0.05, 0) is 25.7 Å². The van der Waals surface area contributed by atoms with Crippen LogP contribution in [-0.2, 0) is 14.3 Å². The minimum absolute atomic E-state index is 0.0707. The van der Waals surface area contributed by atoms with Crippen molar-refractivity contribution in [2.75, 3.05) is 20.8 Å². The average Bonchev–Trinajstić information content (AvgIpc) is 2.90. The van der Waals surface area contributed by atoms with Crippen LogP contribution < -0.4 is 0 Å². The first kappa shape index (κ1) is 13.3. The van der Waals surface area contributed by atoms with Gasteiger partial charge in [-0.15, -0.1) is 0 Å². The number of hydrogen-bond acceptors (Lipinski definition) is 4. The van der Waals surface area contributed by atoms with Gasteiger partial charge in [0.2, 0.25) is 5.91 Å². The van der Waals surface area contributed by atoms with Crippen LogP contribution in [0.2, 0.25) is 0 Å². The van der Waals surface area contributed by atoms with Crippen LogP contribution in [0.1, 0.15) is 38.5 Å². The van der Waals surface area contributed by atoms with Gasteiger partial charge in [0.15, 0.2) is 5.79 Å². The van der Waals surface area contributed by atoms with Crippen LogP contribution in [0.15, 0.2) is 0 Å². The lowest BCUT2D eigenvalue weighted by molar-refractivity contribution is -0.251. The number of ether oxygens (including phenoxy) is 2. The predicted octanol–water partition coefficient (Wildman–Crippen LogP) is 0.901. The number of carbonyl (C=O) groups excluding carboxylic acids is 1. The molecule has 3 rings (SSSR count). The van der Waals surface area contributed by atoms with Crippen molar-refractivity contribution in [1.82, 2.24) is 4.90 Å². The third-order valence-corrected chi connectivity index (χ3v) is 5.50. The number of aliphatic hydroxyl groups is 1. The summed E-state index contributed by atoms with van der Waals surface area (Å²) in [5.74, 6) is -0.651. The molecule has 19 heavy (non-hydrogen) atoms. The number of carbonyl (C=O) groups is 1. The molecule has 5 heteroatoms. The Morgan fingerprint density at radius 3 is 2.74 bits per heavy atom. The summed E-state index contributed by atoms with van der Waals surface area (Å²) in [6.45, 7) is 0.811. The molecule has 2 saturated heterocycles. The van der Waals surface area contributed by atoms with E-state index in [2.05, 4.69) is 0 Å². The van der Waals surface area contributed by atoms with Crippen molar-refractivity contribution in [3.05, 3.63) is 0 Å². The second-order valence-corrected chi connectivity index (χ2v) is 6.09. The molecule has 0 aromatic carbocycles. The zero-order valence-electron chi connectivity index (χ0n) is 11.7. The lowest BCUT2D eigenvalue weighted by atomic mass is 9.82. The number of nitrogens with zero attached hydrogens (tertiary/aromatic N) is 1. The van der Waals surface area contributed by atoms with Crippen LogP contribution in [-0.4, -0.2) is 54.1 Å². The molecule has 0 bridgehead atoms. The van der Waals surface area contributed by atoms with E-state index in [1.54, 1.807) is 14.2 Å². The van der Waals surface area contributed by atoms with Crippen LogP contribution in [0.5, 0.6) is 0 Å². The van der Waals surface area contributed by atoms with Crippen LogP contribution >= 0.6 is 0 Å². The highest BCUT2D eigenvalue weighted by molar-refractivity contribution is 5.78. The quantitative estimate of drug-likeness (QED) is 0.757. The second-order valence-electron chi connectivity index (χ2n) is 6.09. The molecule has 0 radical (unpaired) electrons. The monoisotopic (exact) mass is 269 g/mol. The Kier molecular flexibility index (Phi) is 3.11. The molecule has 2 heterocycles. The zero-order valence-corrected chi connectivity index (χ0v) is 11.7. The first-order valence-electron chi connectivity index (χ1n) is 7.18. The first-order chi connectivity index (χ1) is 9.09. The van der Waals surface area contributed by atoms with E-state index >= 15 is 0 Å². The van der Waals surface area contributed by atoms with Gasteiger partial charge in [-0.3, -0.25) is 4.79 Å². The molecule has 1 unspecified atom stereocenters. The first-order valence-corrected chi connectivity index (χ1v) is 7.18. The summed E-state index contributed by atoms with van der Waals surface area (Å²) in [5.41, 5.74) is -0.251. The van der Waals surface area contributed by atoms with E-state index in [0.29, 0.717) is 12.8 Å². The summed E-state index contributed by atoms with van der Waals surface area (Å²) in [6.07, 6.45) is 4.23. The molecule has 3 atom stereocenters. The van der Waals surface area contributed by atoms with Gasteiger partial charge in [0.05, 0.1) is 5.54 Å². The van der Waals surface area contributed by atoms with Crippen LogP contribution in [0.25, 0.3) is 0 Å². The maximum Gasteiger partial charge on any atom is 0.223 e. The van der Waals surface area contributed by atoms with Crippen LogP contribution in [0, 0.1) is 5.92 Å². The Balaban J connectivity index is 2.03. The highest BCUT2D eigenvalue weighted by atomic mass is 16.7. The normalized spacial score (nSPS) is 41.0. The second kappa shape index (κ2) is 4.43.